The van der Waals surface area contributed by atoms with E-state index in [0.717, 1.165) is 26.2 Å². The molecule has 37 heavy (non-hydrogen) atoms. The Kier molecular flexibility index (Phi) is 6.47. The van der Waals surface area contributed by atoms with Gasteiger partial charge in [0.15, 0.2) is 22.6 Å². The Balaban J connectivity index is 1.99. The molecule has 4 rings (SSSR count). The van der Waals surface area contributed by atoms with Crippen molar-refractivity contribution in [1.82, 2.24) is 9.97 Å². The second-order valence-corrected chi connectivity index (χ2v) is 9.11. The van der Waals surface area contributed by atoms with Crippen molar-refractivity contribution < 1.29 is 44.6 Å². The van der Waals surface area contributed by atoms with Crippen LogP contribution < -0.4 is 10.2 Å². The van der Waals surface area contributed by atoms with Gasteiger partial charge in [-0.25, -0.2) is 9.37 Å². The van der Waals surface area contributed by atoms with E-state index in [0.29, 0.717) is 12.1 Å². The van der Waals surface area contributed by atoms with Gasteiger partial charge in [-0.3, -0.25) is 4.79 Å². The van der Waals surface area contributed by atoms with Crippen LogP contribution in [0.4, 0.5) is 35.1 Å². The molecular weight excluding hydrogens is 540 g/mol. The molecule has 0 unspecified atom stereocenters. The van der Waals surface area contributed by atoms with Crippen LogP contribution >= 0.6 is 11.6 Å². The highest BCUT2D eigenvalue weighted by Crippen LogP contribution is 2.59. The number of nitrogens with one attached hydrogen (secondary N) is 1. The fourth-order valence-corrected chi connectivity index (χ4v) is 4.92. The molecule has 0 spiro atoms. The number of ether oxygens (including phenoxy) is 2. The van der Waals surface area contributed by atoms with Gasteiger partial charge in [0.1, 0.15) is 17.0 Å². The number of rotatable bonds is 3. The van der Waals surface area contributed by atoms with E-state index < -0.39 is 80.5 Å². The Labute approximate surface area is 208 Å². The summed E-state index contributed by atoms with van der Waals surface area (Å²) in [5.74, 6) is -6.28. The van der Waals surface area contributed by atoms with Crippen molar-refractivity contribution in [3.05, 3.63) is 68.2 Å². The molecule has 1 saturated heterocycles. The Morgan fingerprint density at radius 3 is 2.35 bits per heavy atom. The number of hydrogen-bond acceptors (Lipinski definition) is 4. The molecule has 14 heteroatoms. The van der Waals surface area contributed by atoms with E-state index in [1.54, 1.807) is 0 Å². The quantitative estimate of drug-likeness (QED) is 0.288. The zero-order chi connectivity index (χ0) is 27.7. The molecule has 1 aromatic carbocycles. The first kappa shape index (κ1) is 27.1. The van der Waals surface area contributed by atoms with Crippen LogP contribution in [0.2, 0.25) is 5.15 Å². The molecule has 0 saturated carbocycles. The third-order valence-electron chi connectivity index (χ3n) is 6.70. The molecule has 2 aromatic heterocycles. The molecule has 0 amide bonds. The Morgan fingerprint density at radius 2 is 1.78 bits per heavy atom. The molecule has 1 aliphatic rings. The van der Waals surface area contributed by atoms with Crippen LogP contribution in [0, 0.1) is 17.6 Å². The standard InChI is InChI=1S/C23H17ClF8N2O3/c1-8-15(9-4-5-10(25)17(26)18(9)36-3)19(37-21(8,2)23(30,31)32)12-6-13(35)16-11(33-12)7-14(22(27,28)29)34-20(16)24/h4-8,15,19H,1-3H3,(H,33,35)/t8-,15-,19-,21+/m0/s1. The molecular formula is C23H17ClF8N2O3. The van der Waals surface area contributed by atoms with Crippen LogP contribution in [0.5, 0.6) is 5.75 Å². The van der Waals surface area contributed by atoms with E-state index in [9.17, 15) is 39.9 Å². The largest absolute Gasteiger partial charge is 0.493 e. The van der Waals surface area contributed by atoms with E-state index in [2.05, 4.69) is 9.97 Å². The van der Waals surface area contributed by atoms with Crippen LogP contribution in [0.3, 0.4) is 0 Å². The lowest BCUT2D eigenvalue weighted by Crippen LogP contribution is -2.46. The molecule has 200 valence electrons. The second-order valence-electron chi connectivity index (χ2n) is 8.75. The molecule has 3 heterocycles. The average molecular weight is 557 g/mol. The summed E-state index contributed by atoms with van der Waals surface area (Å²) in [6.07, 6.45) is -11.6. The Hall–Kier alpha value is -2.93. The maximum absolute atomic E-state index is 14.5. The molecule has 5 nitrogen and oxygen atoms in total. The summed E-state index contributed by atoms with van der Waals surface area (Å²) in [6, 6.07) is 3.03. The van der Waals surface area contributed by atoms with Gasteiger partial charge in [-0.1, -0.05) is 24.6 Å². The van der Waals surface area contributed by atoms with Crippen LogP contribution in [-0.4, -0.2) is 28.9 Å². The number of H-pyrrole nitrogens is 1. The first-order valence-corrected chi connectivity index (χ1v) is 11.0. The van der Waals surface area contributed by atoms with Crippen molar-refractivity contribution in [3.8, 4) is 5.75 Å². The average Bonchev–Trinajstić information content (AvgIpc) is 3.06. The summed E-state index contributed by atoms with van der Waals surface area (Å²) >= 11 is 5.81. The summed E-state index contributed by atoms with van der Waals surface area (Å²) in [5, 5.41) is -1.19. The van der Waals surface area contributed by atoms with Gasteiger partial charge in [0.25, 0.3) is 0 Å². The van der Waals surface area contributed by atoms with E-state index in [1.807, 2.05) is 0 Å². The second kappa shape index (κ2) is 8.83. The third kappa shape index (κ3) is 4.31. The smallest absolute Gasteiger partial charge is 0.433 e. The number of hydrogen-bond donors (Lipinski definition) is 1. The number of nitrogens with zero attached hydrogens (tertiary/aromatic N) is 1. The van der Waals surface area contributed by atoms with Crippen molar-refractivity contribution in [2.24, 2.45) is 5.92 Å². The number of benzene rings is 1. The number of pyridine rings is 2. The minimum atomic E-state index is -4.96. The first-order chi connectivity index (χ1) is 17.0. The Bertz CT molecular complexity index is 1440. The van der Waals surface area contributed by atoms with Gasteiger partial charge >= 0.3 is 12.4 Å². The van der Waals surface area contributed by atoms with Crippen molar-refractivity contribution in [3.63, 3.8) is 0 Å². The fourth-order valence-electron chi connectivity index (χ4n) is 4.63. The highest BCUT2D eigenvalue weighted by molar-refractivity contribution is 6.34. The lowest BCUT2D eigenvalue weighted by molar-refractivity contribution is -0.275. The predicted molar refractivity (Wildman–Crippen MR) is 115 cm³/mol. The minimum absolute atomic E-state index is 0.198. The van der Waals surface area contributed by atoms with Gasteiger partial charge in [0.05, 0.1) is 18.0 Å². The summed E-state index contributed by atoms with van der Waals surface area (Å²) in [7, 11) is 0.991. The van der Waals surface area contributed by atoms with Crippen molar-refractivity contribution >= 4 is 22.5 Å². The molecule has 0 aliphatic carbocycles. The monoisotopic (exact) mass is 556 g/mol. The molecule has 1 N–H and O–H groups in total. The maximum Gasteiger partial charge on any atom is 0.433 e. The SMILES string of the molecule is COc1c([C@H]2[C@H](c3cc(=O)c4c(Cl)nc(C(F)(F)F)cc4[nH]3)O[C@@](C)(C(F)(F)F)[C@H]2C)ccc(F)c1F. The molecule has 4 atom stereocenters. The maximum atomic E-state index is 14.5. The number of alkyl halides is 6. The summed E-state index contributed by atoms with van der Waals surface area (Å²) in [4.78, 5) is 18.5. The van der Waals surface area contributed by atoms with Crippen LogP contribution in [0.1, 0.15) is 42.8 Å². The van der Waals surface area contributed by atoms with Gasteiger partial charge < -0.3 is 14.5 Å². The lowest BCUT2D eigenvalue weighted by atomic mass is 9.76. The number of aromatic amines is 1. The molecule has 1 fully saturated rings. The summed E-state index contributed by atoms with van der Waals surface area (Å²) < 4.78 is 121. The Morgan fingerprint density at radius 1 is 1.14 bits per heavy atom. The van der Waals surface area contributed by atoms with Gasteiger partial charge in [-0.15, -0.1) is 0 Å². The molecule has 1 aliphatic heterocycles. The van der Waals surface area contributed by atoms with Crippen LogP contribution in [-0.2, 0) is 10.9 Å². The van der Waals surface area contributed by atoms with Gasteiger partial charge in [-0.05, 0) is 19.1 Å². The van der Waals surface area contributed by atoms with Crippen molar-refractivity contribution in [2.75, 3.05) is 7.11 Å². The van der Waals surface area contributed by atoms with E-state index in [1.165, 1.54) is 6.92 Å². The zero-order valence-electron chi connectivity index (χ0n) is 19.1. The number of methoxy groups -OCH3 is 1. The van der Waals surface area contributed by atoms with Gasteiger partial charge in [0.2, 0.25) is 5.82 Å². The first-order valence-electron chi connectivity index (χ1n) is 10.6. The zero-order valence-corrected chi connectivity index (χ0v) is 19.9. The number of aromatic nitrogens is 2. The van der Waals surface area contributed by atoms with Gasteiger partial charge in [-0.2, -0.15) is 30.7 Å². The number of halogens is 9. The molecule has 3 aromatic rings. The normalized spacial score (nSPS) is 24.6. The van der Waals surface area contributed by atoms with Crippen molar-refractivity contribution in [1.29, 1.82) is 0 Å². The van der Waals surface area contributed by atoms with Crippen LogP contribution in [0.15, 0.2) is 29.1 Å². The van der Waals surface area contributed by atoms with E-state index in [-0.39, 0.29) is 11.3 Å². The lowest BCUT2D eigenvalue weighted by Gasteiger charge is -2.32. The third-order valence-corrected chi connectivity index (χ3v) is 6.97. The van der Waals surface area contributed by atoms with Crippen LogP contribution in [0.25, 0.3) is 10.9 Å². The topological polar surface area (TPSA) is 64.2 Å². The summed E-state index contributed by atoms with van der Waals surface area (Å²) in [5.41, 5.74) is -6.24. The highest BCUT2D eigenvalue weighted by Gasteiger charge is 2.65. The predicted octanol–water partition coefficient (Wildman–Crippen LogP) is 6.69. The van der Waals surface area contributed by atoms with Gasteiger partial charge in [0, 0.05) is 29.2 Å². The fraction of sp³-hybridized carbons (Fsp3) is 0.391. The van der Waals surface area contributed by atoms with E-state index in [4.69, 9.17) is 21.1 Å². The van der Waals surface area contributed by atoms with Crippen molar-refractivity contribution in [2.45, 2.75) is 43.8 Å². The molecule has 0 bridgehead atoms. The summed E-state index contributed by atoms with van der Waals surface area (Å²) in [6.45, 7) is 1.92. The number of fused-ring (bicyclic) bond motifs is 1. The minimum Gasteiger partial charge on any atom is -0.493 e. The molecule has 0 radical (unpaired) electrons. The highest BCUT2D eigenvalue weighted by atomic mass is 35.5. The van der Waals surface area contributed by atoms with E-state index >= 15 is 0 Å².